The molecule has 9 heteroatoms. The zero-order chi connectivity index (χ0) is 23.8. The second-order valence-electron chi connectivity index (χ2n) is 10.0. The molecule has 2 aliphatic carbocycles. The van der Waals surface area contributed by atoms with Crippen molar-refractivity contribution < 1.29 is 4.79 Å². The van der Waals surface area contributed by atoms with Gasteiger partial charge in [-0.25, -0.2) is 9.78 Å². The third-order valence-corrected chi connectivity index (χ3v) is 7.53. The topological polar surface area (TPSA) is 102 Å². The highest BCUT2D eigenvalue weighted by molar-refractivity contribution is 5.75. The van der Waals surface area contributed by atoms with E-state index in [1.807, 2.05) is 23.1 Å². The van der Waals surface area contributed by atoms with E-state index < -0.39 is 0 Å². The Balaban J connectivity index is 1.01. The normalized spacial score (nSPS) is 21.5. The molecule has 0 saturated heterocycles. The van der Waals surface area contributed by atoms with Gasteiger partial charge in [0.15, 0.2) is 5.82 Å². The Hall–Kier alpha value is -3.62. The van der Waals surface area contributed by atoms with Crippen molar-refractivity contribution in [1.29, 1.82) is 0 Å². The molecule has 3 aromatic rings. The molecular formula is C26H32N8O. The summed E-state index contributed by atoms with van der Waals surface area (Å²) in [6.07, 6.45) is 8.16. The molecule has 35 heavy (non-hydrogen) atoms. The first kappa shape index (κ1) is 21.9. The van der Waals surface area contributed by atoms with Crippen LogP contribution < -0.4 is 15.5 Å². The number of H-pyrrole nitrogens is 1. The summed E-state index contributed by atoms with van der Waals surface area (Å²) in [7, 11) is 2.06. The number of fused-ring (bicyclic) bond motifs is 1. The van der Waals surface area contributed by atoms with Gasteiger partial charge in [-0.2, -0.15) is 10.1 Å². The average molecular weight is 473 g/mol. The van der Waals surface area contributed by atoms with Crippen molar-refractivity contribution in [3.8, 4) is 0 Å². The van der Waals surface area contributed by atoms with E-state index in [1.54, 1.807) is 6.20 Å². The number of carbonyl (C=O) groups is 1. The van der Waals surface area contributed by atoms with Gasteiger partial charge in [-0.1, -0.05) is 24.3 Å². The van der Waals surface area contributed by atoms with Gasteiger partial charge in [0.05, 0.1) is 0 Å². The third-order valence-electron chi connectivity index (χ3n) is 7.53. The highest BCUT2D eigenvalue weighted by Gasteiger charge is 2.29. The lowest BCUT2D eigenvalue weighted by molar-refractivity contribution is 0.189. The molecule has 2 fully saturated rings. The number of nitrogens with one attached hydrogen (secondary N) is 3. The maximum Gasteiger partial charge on any atom is 0.318 e. The quantitative estimate of drug-likeness (QED) is 0.495. The van der Waals surface area contributed by atoms with Gasteiger partial charge in [0, 0.05) is 56.1 Å². The first-order valence-electron chi connectivity index (χ1n) is 12.6. The average Bonchev–Trinajstić information content (AvgIpc) is 3.47. The van der Waals surface area contributed by atoms with Crippen LogP contribution in [0.5, 0.6) is 0 Å². The van der Waals surface area contributed by atoms with E-state index in [0.29, 0.717) is 31.0 Å². The van der Waals surface area contributed by atoms with Crippen molar-refractivity contribution in [2.45, 2.75) is 69.6 Å². The molecule has 0 atom stereocenters. The molecule has 0 radical (unpaired) electrons. The van der Waals surface area contributed by atoms with E-state index in [0.717, 1.165) is 37.3 Å². The van der Waals surface area contributed by atoms with Crippen LogP contribution in [0.1, 0.15) is 61.3 Å². The molecule has 0 unspecified atom stereocenters. The second kappa shape index (κ2) is 9.20. The summed E-state index contributed by atoms with van der Waals surface area (Å²) in [4.78, 5) is 26.1. The zero-order valence-electron chi connectivity index (χ0n) is 20.1. The van der Waals surface area contributed by atoms with Gasteiger partial charge in [-0.15, -0.1) is 0 Å². The number of hydrogen-bond donors (Lipinski definition) is 3. The highest BCUT2D eigenvalue weighted by atomic mass is 16.2. The summed E-state index contributed by atoms with van der Waals surface area (Å²) in [5.74, 6) is 2.87. The SMILES string of the molecule is CN(c1nccc(Nc2cc(C3CC3)[nH]n2)n1)C1CCC(NC(=O)N2Cc3ccccc3C2)CC1. The van der Waals surface area contributed by atoms with Crippen LogP contribution in [0.15, 0.2) is 42.6 Å². The van der Waals surface area contributed by atoms with Crippen LogP contribution in [0.25, 0.3) is 0 Å². The summed E-state index contributed by atoms with van der Waals surface area (Å²) < 4.78 is 0. The molecule has 1 aliphatic heterocycles. The van der Waals surface area contributed by atoms with Crippen LogP contribution in [-0.4, -0.2) is 50.2 Å². The van der Waals surface area contributed by atoms with Crippen LogP contribution in [0.4, 0.5) is 22.4 Å². The van der Waals surface area contributed by atoms with Crippen molar-refractivity contribution in [2.24, 2.45) is 0 Å². The van der Waals surface area contributed by atoms with Gasteiger partial charge >= 0.3 is 6.03 Å². The van der Waals surface area contributed by atoms with E-state index in [-0.39, 0.29) is 12.1 Å². The van der Waals surface area contributed by atoms with E-state index in [4.69, 9.17) is 4.98 Å². The van der Waals surface area contributed by atoms with Gasteiger partial charge in [0.25, 0.3) is 0 Å². The minimum absolute atomic E-state index is 0.0447. The maximum atomic E-state index is 12.8. The van der Waals surface area contributed by atoms with Crippen molar-refractivity contribution in [3.05, 3.63) is 59.4 Å². The number of urea groups is 1. The van der Waals surface area contributed by atoms with Crippen LogP contribution in [0.3, 0.4) is 0 Å². The Bertz CT molecular complexity index is 1170. The molecule has 0 bridgehead atoms. The maximum absolute atomic E-state index is 12.8. The number of nitrogens with zero attached hydrogens (tertiary/aromatic N) is 5. The van der Waals surface area contributed by atoms with Crippen LogP contribution >= 0.6 is 0 Å². The highest BCUT2D eigenvalue weighted by Crippen LogP contribution is 2.39. The van der Waals surface area contributed by atoms with Crippen molar-refractivity contribution in [3.63, 3.8) is 0 Å². The van der Waals surface area contributed by atoms with E-state index in [2.05, 4.69) is 56.0 Å². The first-order chi connectivity index (χ1) is 17.1. The number of amides is 2. The fourth-order valence-corrected chi connectivity index (χ4v) is 5.24. The number of hydrogen-bond acceptors (Lipinski definition) is 6. The van der Waals surface area contributed by atoms with Gasteiger partial charge in [0.1, 0.15) is 5.82 Å². The Kier molecular flexibility index (Phi) is 5.75. The molecular weight excluding hydrogens is 440 g/mol. The lowest BCUT2D eigenvalue weighted by Gasteiger charge is -2.35. The molecule has 2 aromatic heterocycles. The van der Waals surface area contributed by atoms with Gasteiger partial charge in [0.2, 0.25) is 5.95 Å². The molecule has 2 amide bonds. The predicted octanol–water partition coefficient (Wildman–Crippen LogP) is 4.29. The molecule has 1 aromatic carbocycles. The predicted molar refractivity (Wildman–Crippen MR) is 135 cm³/mol. The first-order valence-corrected chi connectivity index (χ1v) is 12.6. The lowest BCUT2D eigenvalue weighted by atomic mass is 9.90. The molecule has 3 heterocycles. The lowest BCUT2D eigenvalue weighted by Crippen LogP contribution is -2.46. The third kappa shape index (κ3) is 4.80. The molecule has 6 rings (SSSR count). The number of benzene rings is 1. The van der Waals surface area contributed by atoms with Crippen molar-refractivity contribution in [1.82, 2.24) is 30.4 Å². The number of carbonyl (C=O) groups excluding carboxylic acids is 1. The summed E-state index contributed by atoms with van der Waals surface area (Å²) in [5, 5.41) is 14.0. The Morgan fingerprint density at radius 1 is 1.03 bits per heavy atom. The Labute approximate surface area is 205 Å². The van der Waals surface area contributed by atoms with Crippen molar-refractivity contribution in [2.75, 3.05) is 17.3 Å². The summed E-state index contributed by atoms with van der Waals surface area (Å²) >= 11 is 0. The zero-order valence-corrected chi connectivity index (χ0v) is 20.1. The summed E-state index contributed by atoms with van der Waals surface area (Å²) in [5.41, 5.74) is 3.69. The number of aromatic nitrogens is 4. The molecule has 0 spiro atoms. The largest absolute Gasteiger partial charge is 0.341 e. The minimum Gasteiger partial charge on any atom is -0.341 e. The van der Waals surface area contributed by atoms with E-state index in [9.17, 15) is 4.79 Å². The molecule has 3 aliphatic rings. The van der Waals surface area contributed by atoms with Gasteiger partial charge in [-0.05, 0) is 55.7 Å². The minimum atomic E-state index is 0.0447. The molecule has 3 N–H and O–H groups in total. The fourth-order valence-electron chi connectivity index (χ4n) is 5.24. The summed E-state index contributed by atoms with van der Waals surface area (Å²) in [6, 6.07) is 12.8. The van der Waals surface area contributed by atoms with E-state index >= 15 is 0 Å². The number of aromatic amines is 1. The molecule has 2 saturated carbocycles. The van der Waals surface area contributed by atoms with Gasteiger partial charge < -0.3 is 20.4 Å². The van der Waals surface area contributed by atoms with Crippen molar-refractivity contribution >= 4 is 23.6 Å². The van der Waals surface area contributed by atoms with Gasteiger partial charge in [-0.3, -0.25) is 5.10 Å². The number of anilines is 3. The fraction of sp³-hybridized carbons (Fsp3) is 0.462. The second-order valence-corrected chi connectivity index (χ2v) is 10.0. The Morgan fingerprint density at radius 2 is 1.77 bits per heavy atom. The Morgan fingerprint density at radius 3 is 2.49 bits per heavy atom. The van der Waals surface area contributed by atoms with Crippen LogP contribution in [-0.2, 0) is 13.1 Å². The standard InChI is InChI=1S/C26H32N8O/c1-33(25-27-13-12-23(30-25)29-24-14-22(31-32-24)17-6-7-17)21-10-8-20(9-11-21)28-26(35)34-15-18-4-2-3-5-19(18)16-34/h2-5,12-14,17,20-21H,6-11,15-16H2,1H3,(H,28,35)(H2,27,29,30,31,32). The summed E-state index contributed by atoms with van der Waals surface area (Å²) in [6.45, 7) is 1.39. The molecule has 182 valence electrons. The van der Waals surface area contributed by atoms with Crippen LogP contribution in [0, 0.1) is 0 Å². The number of rotatable bonds is 6. The molecule has 9 nitrogen and oxygen atoms in total. The van der Waals surface area contributed by atoms with Crippen LogP contribution in [0.2, 0.25) is 0 Å². The monoisotopic (exact) mass is 472 g/mol. The smallest absolute Gasteiger partial charge is 0.318 e. The van der Waals surface area contributed by atoms with E-state index in [1.165, 1.54) is 29.7 Å².